The van der Waals surface area contributed by atoms with Gasteiger partial charge in [0.1, 0.15) is 16.5 Å². The maximum Gasteiger partial charge on any atom is 0.244 e. The molecule has 0 aromatic carbocycles. The Morgan fingerprint density at radius 1 is 1.03 bits per heavy atom. The molecule has 0 radical (unpaired) electrons. The van der Waals surface area contributed by atoms with Crippen LogP contribution in [0.25, 0.3) is 0 Å². The number of aromatic nitrogens is 2. The molecule has 2 aromatic rings. The predicted molar refractivity (Wildman–Crippen MR) is 115 cm³/mol. The number of nitrogens with one attached hydrogen (secondary N) is 1. The van der Waals surface area contributed by atoms with E-state index in [1.54, 1.807) is 18.3 Å². The van der Waals surface area contributed by atoms with Gasteiger partial charge < -0.3 is 19.9 Å². The van der Waals surface area contributed by atoms with Gasteiger partial charge in [0.25, 0.3) is 0 Å². The van der Waals surface area contributed by atoms with Crippen LogP contribution in [0.3, 0.4) is 0 Å². The Morgan fingerprint density at radius 2 is 1.80 bits per heavy atom. The Morgan fingerprint density at radius 3 is 2.50 bits per heavy atom. The van der Waals surface area contributed by atoms with E-state index in [9.17, 15) is 8.42 Å². The summed E-state index contributed by atoms with van der Waals surface area (Å²) in [6.45, 7) is 6.20. The highest BCUT2D eigenvalue weighted by Gasteiger charge is 2.27. The van der Waals surface area contributed by atoms with Crippen LogP contribution >= 0.6 is 0 Å². The second kappa shape index (κ2) is 9.25. The molecular weight excluding hydrogens is 404 g/mol. The molecule has 2 aliphatic rings. The summed E-state index contributed by atoms with van der Waals surface area (Å²) in [4.78, 5) is 13.3. The molecule has 0 atom stereocenters. The second-order valence-electron chi connectivity index (χ2n) is 7.56. The molecule has 9 nitrogen and oxygen atoms in total. The standard InChI is InChI=1S/C20H28N6O3S/c1-24-6-8-26(9-7-24)30(27,28)18-2-3-19(23-16-18)22-15-17-4-5-21-20(14-17)25-10-12-29-13-11-25/h2-5,14,16H,6-13,15H2,1H3,(H,22,23). The molecule has 2 aromatic heterocycles. The summed E-state index contributed by atoms with van der Waals surface area (Å²) >= 11 is 0. The third-order valence-electron chi connectivity index (χ3n) is 5.45. The molecule has 0 aliphatic carbocycles. The summed E-state index contributed by atoms with van der Waals surface area (Å²) in [6, 6.07) is 7.36. The molecule has 0 saturated carbocycles. The van der Waals surface area contributed by atoms with Gasteiger partial charge in [0, 0.05) is 58.2 Å². The first-order valence-corrected chi connectivity index (χ1v) is 11.6. The number of piperazine rings is 1. The number of nitrogens with zero attached hydrogens (tertiary/aromatic N) is 5. The number of hydrogen-bond acceptors (Lipinski definition) is 8. The highest BCUT2D eigenvalue weighted by molar-refractivity contribution is 7.89. The van der Waals surface area contributed by atoms with E-state index in [1.807, 2.05) is 13.1 Å². The van der Waals surface area contributed by atoms with E-state index in [1.165, 1.54) is 10.5 Å². The van der Waals surface area contributed by atoms with Crippen LogP contribution in [0.15, 0.2) is 41.6 Å². The van der Waals surface area contributed by atoms with Crippen molar-refractivity contribution in [3.63, 3.8) is 0 Å². The summed E-state index contributed by atoms with van der Waals surface area (Å²) in [6.07, 6.45) is 3.24. The summed E-state index contributed by atoms with van der Waals surface area (Å²) in [5, 5.41) is 3.26. The topological polar surface area (TPSA) is 90.9 Å². The third kappa shape index (κ3) is 4.89. The average Bonchev–Trinajstić information content (AvgIpc) is 2.79. The molecule has 0 bridgehead atoms. The van der Waals surface area contributed by atoms with Crippen molar-refractivity contribution in [2.75, 3.05) is 69.7 Å². The molecule has 162 valence electrons. The van der Waals surface area contributed by atoms with Crippen molar-refractivity contribution in [1.82, 2.24) is 19.2 Å². The number of hydrogen-bond donors (Lipinski definition) is 1. The van der Waals surface area contributed by atoms with Crippen molar-refractivity contribution in [2.45, 2.75) is 11.4 Å². The van der Waals surface area contributed by atoms with Gasteiger partial charge in [-0.2, -0.15) is 4.31 Å². The van der Waals surface area contributed by atoms with Crippen LogP contribution in [0.5, 0.6) is 0 Å². The second-order valence-corrected chi connectivity index (χ2v) is 9.50. The largest absolute Gasteiger partial charge is 0.378 e. The zero-order chi connectivity index (χ0) is 21.0. The fourth-order valence-corrected chi connectivity index (χ4v) is 4.91. The van der Waals surface area contributed by atoms with Gasteiger partial charge in [0.15, 0.2) is 0 Å². The van der Waals surface area contributed by atoms with E-state index in [0.717, 1.165) is 50.8 Å². The smallest absolute Gasteiger partial charge is 0.244 e. The van der Waals surface area contributed by atoms with Crippen LogP contribution in [0, 0.1) is 0 Å². The summed E-state index contributed by atoms with van der Waals surface area (Å²) in [5.41, 5.74) is 1.09. The van der Waals surface area contributed by atoms with Crippen molar-refractivity contribution in [1.29, 1.82) is 0 Å². The zero-order valence-corrected chi connectivity index (χ0v) is 18.0. The molecule has 0 spiro atoms. The van der Waals surface area contributed by atoms with Gasteiger partial charge >= 0.3 is 0 Å². The number of anilines is 2. The first-order valence-electron chi connectivity index (χ1n) is 10.2. The molecule has 2 aliphatic heterocycles. The number of morpholine rings is 1. The van der Waals surface area contributed by atoms with Gasteiger partial charge in [-0.15, -0.1) is 0 Å². The van der Waals surface area contributed by atoms with Crippen LogP contribution in [0.4, 0.5) is 11.6 Å². The minimum atomic E-state index is -3.50. The van der Waals surface area contributed by atoms with E-state index in [0.29, 0.717) is 25.5 Å². The summed E-state index contributed by atoms with van der Waals surface area (Å²) < 4.78 is 32.5. The van der Waals surface area contributed by atoms with Gasteiger partial charge in [-0.3, -0.25) is 0 Å². The Balaban J connectivity index is 1.37. The molecular formula is C20H28N6O3S. The first kappa shape index (κ1) is 21.0. The van der Waals surface area contributed by atoms with Crippen molar-refractivity contribution in [3.8, 4) is 0 Å². The van der Waals surface area contributed by atoms with E-state index in [4.69, 9.17) is 4.74 Å². The van der Waals surface area contributed by atoms with Crippen molar-refractivity contribution < 1.29 is 13.2 Å². The van der Waals surface area contributed by atoms with Gasteiger partial charge in [0.2, 0.25) is 10.0 Å². The van der Waals surface area contributed by atoms with Gasteiger partial charge in [0.05, 0.1) is 13.2 Å². The van der Waals surface area contributed by atoms with Crippen LogP contribution in [-0.4, -0.2) is 87.1 Å². The van der Waals surface area contributed by atoms with E-state index >= 15 is 0 Å². The lowest BCUT2D eigenvalue weighted by Gasteiger charge is -2.31. The lowest BCUT2D eigenvalue weighted by Crippen LogP contribution is -2.47. The minimum absolute atomic E-state index is 0.233. The SMILES string of the molecule is CN1CCN(S(=O)(=O)c2ccc(NCc3ccnc(N4CCOCC4)c3)nc2)CC1. The zero-order valence-electron chi connectivity index (χ0n) is 17.2. The average molecular weight is 433 g/mol. The number of likely N-dealkylation sites (N-methyl/N-ethyl adjacent to an activating group) is 1. The van der Waals surface area contributed by atoms with Gasteiger partial charge in [-0.25, -0.2) is 18.4 Å². The fraction of sp³-hybridized carbons (Fsp3) is 0.500. The molecule has 4 rings (SSSR count). The van der Waals surface area contributed by atoms with Gasteiger partial charge in [-0.05, 0) is 36.9 Å². The Kier molecular flexibility index (Phi) is 6.47. The Bertz CT molecular complexity index is 939. The molecule has 2 fully saturated rings. The quantitative estimate of drug-likeness (QED) is 0.719. The van der Waals surface area contributed by atoms with Crippen LogP contribution in [0.2, 0.25) is 0 Å². The highest BCUT2D eigenvalue weighted by Crippen LogP contribution is 2.19. The van der Waals surface area contributed by atoms with Crippen molar-refractivity contribution >= 4 is 21.7 Å². The van der Waals surface area contributed by atoms with Crippen LogP contribution in [-0.2, 0) is 21.3 Å². The predicted octanol–water partition coefficient (Wildman–Crippen LogP) is 0.861. The van der Waals surface area contributed by atoms with E-state index in [-0.39, 0.29) is 4.90 Å². The maximum atomic E-state index is 12.8. The number of rotatable bonds is 6. The number of ether oxygens (including phenoxy) is 1. The monoisotopic (exact) mass is 432 g/mol. The van der Waals surface area contributed by atoms with Crippen molar-refractivity contribution in [3.05, 3.63) is 42.2 Å². The molecule has 1 N–H and O–H groups in total. The molecule has 2 saturated heterocycles. The Labute approximate surface area is 177 Å². The first-order chi connectivity index (χ1) is 14.5. The maximum absolute atomic E-state index is 12.8. The van der Waals surface area contributed by atoms with E-state index < -0.39 is 10.0 Å². The number of sulfonamides is 1. The molecule has 4 heterocycles. The summed E-state index contributed by atoms with van der Waals surface area (Å²) in [5.74, 6) is 1.58. The lowest BCUT2D eigenvalue weighted by molar-refractivity contribution is 0.122. The minimum Gasteiger partial charge on any atom is -0.378 e. The number of pyridine rings is 2. The lowest BCUT2D eigenvalue weighted by atomic mass is 10.2. The van der Waals surface area contributed by atoms with Gasteiger partial charge in [-0.1, -0.05) is 0 Å². The summed E-state index contributed by atoms with van der Waals surface area (Å²) in [7, 11) is -1.50. The Hall–Kier alpha value is -2.27. The fourth-order valence-electron chi connectivity index (χ4n) is 3.54. The van der Waals surface area contributed by atoms with E-state index in [2.05, 4.69) is 31.2 Å². The molecule has 30 heavy (non-hydrogen) atoms. The molecule has 10 heteroatoms. The molecule has 0 amide bonds. The normalized spacial score (nSPS) is 19.0. The van der Waals surface area contributed by atoms with Crippen LogP contribution in [0.1, 0.15) is 5.56 Å². The third-order valence-corrected chi connectivity index (χ3v) is 7.34. The highest BCUT2D eigenvalue weighted by atomic mass is 32.2. The van der Waals surface area contributed by atoms with Crippen molar-refractivity contribution in [2.24, 2.45) is 0 Å². The van der Waals surface area contributed by atoms with Crippen LogP contribution < -0.4 is 10.2 Å². The molecule has 0 unspecified atom stereocenters.